The Labute approximate surface area is 231 Å². The van der Waals surface area contributed by atoms with Crippen molar-refractivity contribution in [2.24, 2.45) is 11.3 Å². The minimum atomic E-state index is -0.245. The number of nitrogens with zero attached hydrogens (tertiary/aromatic N) is 4. The number of thiazole rings is 1. The molecule has 39 heavy (non-hydrogen) atoms. The van der Waals surface area contributed by atoms with Crippen molar-refractivity contribution in [2.45, 2.75) is 57.9 Å². The number of nitrogens with one attached hydrogen (secondary N) is 1. The quantitative estimate of drug-likeness (QED) is 0.266. The van der Waals surface area contributed by atoms with Gasteiger partial charge in [-0.05, 0) is 92.7 Å². The smallest absolute Gasteiger partial charge is 0.257 e. The lowest BCUT2D eigenvalue weighted by atomic mass is 10.0. The average Bonchev–Trinajstić information content (AvgIpc) is 3.31. The van der Waals surface area contributed by atoms with E-state index in [-0.39, 0.29) is 5.91 Å². The van der Waals surface area contributed by atoms with Gasteiger partial charge >= 0.3 is 0 Å². The van der Waals surface area contributed by atoms with Gasteiger partial charge in [-0.15, -0.1) is 21.5 Å². The van der Waals surface area contributed by atoms with Gasteiger partial charge in [0.1, 0.15) is 23.1 Å². The van der Waals surface area contributed by atoms with Crippen molar-refractivity contribution in [2.75, 3.05) is 11.9 Å². The van der Waals surface area contributed by atoms with Gasteiger partial charge in [-0.1, -0.05) is 0 Å². The number of carbonyl (C=O) groups excluding carboxylic acids is 1. The van der Waals surface area contributed by atoms with Gasteiger partial charge in [-0.25, -0.2) is 4.98 Å². The van der Waals surface area contributed by atoms with Crippen LogP contribution < -0.4 is 14.8 Å². The maximum absolute atomic E-state index is 13.0. The summed E-state index contributed by atoms with van der Waals surface area (Å²) in [5.41, 5.74) is 2.08. The van der Waals surface area contributed by atoms with Crippen molar-refractivity contribution in [1.29, 1.82) is 0 Å². The van der Waals surface area contributed by atoms with E-state index in [4.69, 9.17) is 9.47 Å². The summed E-state index contributed by atoms with van der Waals surface area (Å²) >= 11 is 1.38. The first-order valence-electron chi connectivity index (χ1n) is 13.8. The molecule has 0 bridgehead atoms. The third-order valence-corrected chi connectivity index (χ3v) is 8.94. The lowest BCUT2D eigenvalue weighted by Gasteiger charge is -2.16. The molecule has 1 unspecified atom stereocenters. The van der Waals surface area contributed by atoms with Crippen molar-refractivity contribution in [3.63, 3.8) is 0 Å². The first kappa shape index (κ1) is 24.3. The lowest BCUT2D eigenvalue weighted by Crippen LogP contribution is -2.13. The largest absolute Gasteiger partial charge is 0.493 e. The molecule has 4 aromatic rings. The molecule has 1 N–H and O–H groups in total. The Bertz CT molecular complexity index is 1480. The van der Waals surface area contributed by atoms with Crippen molar-refractivity contribution in [3.05, 3.63) is 65.4 Å². The molecule has 3 aliphatic rings. The number of amides is 1. The van der Waals surface area contributed by atoms with E-state index in [1.807, 2.05) is 35.7 Å². The number of aromatic nitrogens is 4. The minimum Gasteiger partial charge on any atom is -0.493 e. The Balaban J connectivity index is 1.10. The predicted octanol–water partition coefficient (Wildman–Crippen LogP) is 6.74. The highest BCUT2D eigenvalue weighted by atomic mass is 32.1. The fraction of sp³-hybridized carbons (Fsp3) is 0.400. The SMILES string of the molecule is O=C(Nc1nccs1)c1cc(OCC2CCC3(CC3)C2)cc(Oc2ccc(-c3nnc4n3CCCC4)cc2)c1. The lowest BCUT2D eigenvalue weighted by molar-refractivity contribution is 0.102. The number of hydrogen-bond donors (Lipinski definition) is 1. The van der Waals surface area contributed by atoms with Gasteiger partial charge in [0.15, 0.2) is 11.0 Å². The molecule has 0 saturated heterocycles. The van der Waals surface area contributed by atoms with Crippen molar-refractivity contribution in [1.82, 2.24) is 19.7 Å². The first-order chi connectivity index (χ1) is 19.1. The number of aryl methyl sites for hydroxylation is 1. The second kappa shape index (κ2) is 10.1. The molecule has 1 amide bonds. The zero-order valence-electron chi connectivity index (χ0n) is 21.8. The topological polar surface area (TPSA) is 91.2 Å². The average molecular weight is 542 g/mol. The van der Waals surface area contributed by atoms with Crippen LogP contribution >= 0.6 is 11.3 Å². The van der Waals surface area contributed by atoms with Crippen molar-refractivity contribution >= 4 is 22.4 Å². The summed E-state index contributed by atoms with van der Waals surface area (Å²) in [6, 6.07) is 13.3. The molecule has 2 aliphatic carbocycles. The van der Waals surface area contributed by atoms with E-state index >= 15 is 0 Å². The molecule has 2 aromatic heterocycles. The molecule has 2 saturated carbocycles. The van der Waals surface area contributed by atoms with Crippen LogP contribution in [0.5, 0.6) is 17.2 Å². The summed E-state index contributed by atoms with van der Waals surface area (Å²) in [7, 11) is 0. The van der Waals surface area contributed by atoms with E-state index < -0.39 is 0 Å². The maximum Gasteiger partial charge on any atom is 0.257 e. The fourth-order valence-electron chi connectivity index (χ4n) is 5.94. The zero-order valence-corrected chi connectivity index (χ0v) is 22.6. The van der Waals surface area contributed by atoms with Crippen molar-refractivity contribution < 1.29 is 14.3 Å². The van der Waals surface area contributed by atoms with Crippen LogP contribution in [0, 0.1) is 11.3 Å². The van der Waals surface area contributed by atoms with Gasteiger partial charge in [0.2, 0.25) is 0 Å². The number of anilines is 1. The van der Waals surface area contributed by atoms with E-state index in [0.717, 1.165) is 36.6 Å². The molecule has 7 rings (SSSR count). The predicted molar refractivity (Wildman–Crippen MR) is 149 cm³/mol. The molecule has 8 nitrogen and oxygen atoms in total. The van der Waals surface area contributed by atoms with Crippen LogP contribution in [-0.4, -0.2) is 32.3 Å². The summed E-state index contributed by atoms with van der Waals surface area (Å²) in [6.45, 7) is 1.62. The van der Waals surface area contributed by atoms with Crippen LogP contribution in [0.3, 0.4) is 0 Å². The number of fused-ring (bicyclic) bond motifs is 1. The molecule has 1 spiro atoms. The fourth-order valence-corrected chi connectivity index (χ4v) is 6.47. The van der Waals surface area contributed by atoms with E-state index in [1.165, 1.54) is 49.9 Å². The summed E-state index contributed by atoms with van der Waals surface area (Å²) in [6.07, 6.45) is 11.5. The van der Waals surface area contributed by atoms with Gasteiger partial charge < -0.3 is 14.0 Å². The standard InChI is InChI=1S/C30H31N5O3S/c36-28(32-29-31-12-14-39-29)22-15-24(37-19-20-8-9-30(18-20)10-11-30)17-25(16-22)38-23-6-4-21(5-7-23)27-34-33-26-3-1-2-13-35(26)27/h4-7,12,14-17,20H,1-3,8-11,13,18-19H2,(H,31,32,36). The molecular formula is C30H31N5O3S. The van der Waals surface area contributed by atoms with E-state index in [0.29, 0.717) is 45.9 Å². The Hall–Kier alpha value is -3.72. The number of benzene rings is 2. The van der Waals surface area contributed by atoms with E-state index in [1.54, 1.807) is 18.3 Å². The Kier molecular flexibility index (Phi) is 6.31. The summed E-state index contributed by atoms with van der Waals surface area (Å²) < 4.78 is 14.7. The number of carbonyl (C=O) groups is 1. The Morgan fingerprint density at radius 2 is 1.92 bits per heavy atom. The maximum atomic E-state index is 13.0. The highest BCUT2D eigenvalue weighted by molar-refractivity contribution is 7.13. The third kappa shape index (κ3) is 5.28. The van der Waals surface area contributed by atoms with Gasteiger partial charge in [0.25, 0.3) is 5.91 Å². The normalized spacial score (nSPS) is 19.0. The van der Waals surface area contributed by atoms with Crippen LogP contribution in [0.4, 0.5) is 5.13 Å². The number of rotatable bonds is 8. The molecule has 1 atom stereocenters. The first-order valence-corrected chi connectivity index (χ1v) is 14.7. The Morgan fingerprint density at radius 1 is 1.05 bits per heavy atom. The summed E-state index contributed by atoms with van der Waals surface area (Å²) in [5, 5.41) is 14.0. The highest BCUT2D eigenvalue weighted by Crippen LogP contribution is 2.59. The molecule has 2 aromatic carbocycles. The van der Waals surface area contributed by atoms with Gasteiger partial charge in [-0.3, -0.25) is 10.1 Å². The van der Waals surface area contributed by atoms with Crippen molar-refractivity contribution in [3.8, 4) is 28.6 Å². The second-order valence-electron chi connectivity index (χ2n) is 11.1. The molecular weight excluding hydrogens is 510 g/mol. The molecule has 0 radical (unpaired) electrons. The summed E-state index contributed by atoms with van der Waals surface area (Å²) in [4.78, 5) is 17.2. The van der Waals surface area contributed by atoms with Gasteiger partial charge in [-0.2, -0.15) is 0 Å². The van der Waals surface area contributed by atoms with Crippen LogP contribution in [0.1, 0.15) is 61.1 Å². The van der Waals surface area contributed by atoms with Gasteiger partial charge in [0.05, 0.1) is 6.61 Å². The minimum absolute atomic E-state index is 0.245. The highest BCUT2D eigenvalue weighted by Gasteiger charge is 2.48. The zero-order chi connectivity index (χ0) is 26.2. The number of hydrogen-bond acceptors (Lipinski definition) is 7. The monoisotopic (exact) mass is 541 g/mol. The third-order valence-electron chi connectivity index (χ3n) is 8.25. The molecule has 1 aliphatic heterocycles. The van der Waals surface area contributed by atoms with Crippen LogP contribution in [0.25, 0.3) is 11.4 Å². The van der Waals surface area contributed by atoms with Gasteiger partial charge in [0, 0.05) is 41.7 Å². The van der Waals surface area contributed by atoms with Crippen LogP contribution in [0.15, 0.2) is 54.0 Å². The molecule has 200 valence electrons. The van der Waals surface area contributed by atoms with Crippen LogP contribution in [0.2, 0.25) is 0 Å². The number of ether oxygens (including phenoxy) is 2. The Morgan fingerprint density at radius 3 is 2.72 bits per heavy atom. The molecule has 3 heterocycles. The molecule has 2 fully saturated rings. The van der Waals surface area contributed by atoms with E-state index in [9.17, 15) is 4.79 Å². The van der Waals surface area contributed by atoms with Crippen LogP contribution in [-0.2, 0) is 13.0 Å². The second-order valence-corrected chi connectivity index (χ2v) is 12.0. The summed E-state index contributed by atoms with van der Waals surface area (Å²) in [5.74, 6) is 4.14. The van der Waals surface area contributed by atoms with E-state index in [2.05, 4.69) is 25.1 Å². The molecule has 9 heteroatoms.